The number of nitrogens with zero attached hydrogens (tertiary/aromatic N) is 2. The minimum absolute atomic E-state index is 0.0177. The van der Waals surface area contributed by atoms with Crippen LogP contribution in [0.4, 0.5) is 19.0 Å². The summed E-state index contributed by atoms with van der Waals surface area (Å²) in [6.07, 6.45) is 9.12. The molecule has 9 heteroatoms. The molecule has 2 aromatic rings. The first kappa shape index (κ1) is 32.7. The van der Waals surface area contributed by atoms with E-state index in [9.17, 15) is 18.0 Å². The van der Waals surface area contributed by atoms with Gasteiger partial charge in [0.05, 0.1) is 17.0 Å². The maximum atomic E-state index is 12.8. The summed E-state index contributed by atoms with van der Waals surface area (Å²) >= 11 is -0.277. The number of halogens is 3. The molecule has 0 aromatic carbocycles. The van der Waals surface area contributed by atoms with Crippen LogP contribution in [0.5, 0.6) is 0 Å². The van der Waals surface area contributed by atoms with Crippen LogP contribution in [0, 0.1) is 29.6 Å². The number of thioether (sulfide) groups is 1. The topological polar surface area (TPSA) is 72.4 Å². The summed E-state index contributed by atoms with van der Waals surface area (Å²) in [6, 6.07) is 4.59. The minimum atomic E-state index is -4.47. The van der Waals surface area contributed by atoms with Gasteiger partial charge in [0.25, 0.3) is 0 Å². The van der Waals surface area contributed by atoms with Gasteiger partial charge >= 0.3 is 5.51 Å². The highest BCUT2D eigenvalue weighted by Crippen LogP contribution is 2.41. The maximum absolute atomic E-state index is 12.8. The fraction of sp³-hybridized carbons (Fsp3) is 0.643. The van der Waals surface area contributed by atoms with Crippen molar-refractivity contribution in [1.82, 2.24) is 14.9 Å². The Hall–Kier alpha value is -2.34. The van der Waals surface area contributed by atoms with Crippen molar-refractivity contribution in [2.24, 2.45) is 17.8 Å². The molecule has 1 amide bonds. The first-order valence-electron chi connectivity index (χ1n) is 13.4. The number of carbonyl (C=O) groups is 1. The van der Waals surface area contributed by atoms with Crippen LogP contribution in [-0.4, -0.2) is 27.6 Å². The monoisotopic (exact) mass is 540 g/mol. The molecule has 0 spiro atoms. The number of fused-ring (bicyclic) bond motifs is 1. The molecule has 208 valence electrons. The summed E-state index contributed by atoms with van der Waals surface area (Å²) in [7, 11) is 0. The Morgan fingerprint density at radius 3 is 2.22 bits per heavy atom. The fourth-order valence-electron chi connectivity index (χ4n) is 3.79. The normalized spacial score (nSPS) is 18.8. The number of carbonyl (C=O) groups excluding carboxylic acids is 1. The van der Waals surface area contributed by atoms with E-state index in [-0.39, 0.29) is 52.1 Å². The Morgan fingerprint density at radius 1 is 1.08 bits per heavy atom. The van der Waals surface area contributed by atoms with E-state index < -0.39 is 5.51 Å². The first-order chi connectivity index (χ1) is 17.6. The molecular weight excluding hydrogens is 497 g/mol. The second-order valence-corrected chi connectivity index (χ2v) is 10.1. The molecule has 3 N–H and O–H groups in total. The molecule has 2 fully saturated rings. The van der Waals surface area contributed by atoms with Crippen LogP contribution >= 0.6 is 11.8 Å². The number of alkyl halides is 3. The first-order valence-corrected chi connectivity index (χ1v) is 14.2. The molecule has 0 aliphatic heterocycles. The summed E-state index contributed by atoms with van der Waals surface area (Å²) in [4.78, 5) is 11.4. The molecule has 0 radical (unpaired) electrons. The van der Waals surface area contributed by atoms with Crippen LogP contribution in [0.25, 0.3) is 5.52 Å². The summed E-state index contributed by atoms with van der Waals surface area (Å²) in [5.74, 6) is 7.45. The summed E-state index contributed by atoms with van der Waals surface area (Å²) < 4.78 is 39.6. The van der Waals surface area contributed by atoms with Crippen molar-refractivity contribution in [2.45, 2.75) is 96.9 Å². The molecule has 2 heterocycles. The van der Waals surface area contributed by atoms with Gasteiger partial charge < -0.3 is 11.1 Å². The van der Waals surface area contributed by atoms with Gasteiger partial charge in [0.15, 0.2) is 0 Å². The van der Waals surface area contributed by atoms with E-state index >= 15 is 0 Å². The molecule has 2 saturated carbocycles. The number of nitrogens with two attached hydrogens (primary N) is 1. The third-order valence-corrected chi connectivity index (χ3v) is 6.75. The van der Waals surface area contributed by atoms with Crippen molar-refractivity contribution >= 4 is 29.0 Å². The summed E-state index contributed by atoms with van der Waals surface area (Å²) in [5, 5.41) is 6.67. The van der Waals surface area contributed by atoms with Crippen molar-refractivity contribution in [2.75, 3.05) is 12.3 Å². The van der Waals surface area contributed by atoms with Crippen LogP contribution in [0.2, 0.25) is 0 Å². The van der Waals surface area contributed by atoms with Crippen molar-refractivity contribution in [1.29, 1.82) is 0 Å². The predicted octanol–water partition coefficient (Wildman–Crippen LogP) is 7.68. The number of nitrogens with one attached hydrogen (secondary N) is 1. The molecule has 2 atom stereocenters. The van der Waals surface area contributed by atoms with Gasteiger partial charge in [0.1, 0.15) is 11.5 Å². The zero-order valence-electron chi connectivity index (χ0n) is 23.0. The molecule has 4 rings (SSSR count). The molecule has 0 saturated heterocycles. The Kier molecular flexibility index (Phi) is 14.6. The summed E-state index contributed by atoms with van der Waals surface area (Å²) in [6.45, 7) is 12.8. The lowest BCUT2D eigenvalue weighted by molar-refractivity contribution is -0.122. The van der Waals surface area contributed by atoms with Crippen molar-refractivity contribution < 1.29 is 18.0 Å². The second kappa shape index (κ2) is 16.5. The van der Waals surface area contributed by atoms with Gasteiger partial charge in [-0.2, -0.15) is 18.3 Å². The molecule has 2 aromatic heterocycles. The molecule has 2 aliphatic carbocycles. The third-order valence-electron chi connectivity index (χ3n) is 5.91. The van der Waals surface area contributed by atoms with E-state index in [2.05, 4.69) is 36.1 Å². The third kappa shape index (κ3) is 11.7. The number of pyridine rings is 1. The largest absolute Gasteiger partial charge is 0.446 e. The van der Waals surface area contributed by atoms with Crippen LogP contribution in [0.15, 0.2) is 23.1 Å². The van der Waals surface area contributed by atoms with Crippen molar-refractivity contribution in [3.8, 4) is 11.8 Å². The summed E-state index contributed by atoms with van der Waals surface area (Å²) in [5.41, 5.74) is 1.50. The number of nitrogen functional groups attached to an aromatic ring is 1. The number of anilines is 1. The van der Waals surface area contributed by atoms with Crippen LogP contribution in [0.3, 0.4) is 0 Å². The minimum Gasteiger partial charge on any atom is -0.384 e. The van der Waals surface area contributed by atoms with Crippen LogP contribution < -0.4 is 11.1 Å². The molecule has 2 aliphatic rings. The highest BCUT2D eigenvalue weighted by molar-refractivity contribution is 8.00. The van der Waals surface area contributed by atoms with E-state index in [1.165, 1.54) is 48.8 Å². The molecule has 0 bridgehead atoms. The standard InChI is InChI=1S/C15H13F3N4OS.C9H18.2C2H6/c16-15(17,18)24-13-10(3-2-8-20-14(23)9-6-7-9)21-22-11(13)4-1-5-12(22)19;1-8-4-3-5-9(2)7-6-8;2*1-2/h1,4-5,9H,6-8,19H2,(H,20,23);8-9H,3-7H2,1-2H3;2*1-2H3/t;8-,9?;;/m.0../s1. The van der Waals surface area contributed by atoms with Gasteiger partial charge in [-0.3, -0.25) is 4.79 Å². The number of hydrogen-bond acceptors (Lipinski definition) is 4. The second-order valence-electron chi connectivity index (χ2n) is 8.99. The van der Waals surface area contributed by atoms with Gasteiger partial charge in [-0.15, -0.1) is 0 Å². The highest BCUT2D eigenvalue weighted by atomic mass is 32.2. The number of hydrogen-bond donors (Lipinski definition) is 2. The predicted molar refractivity (Wildman–Crippen MR) is 148 cm³/mol. The average molecular weight is 541 g/mol. The zero-order chi connectivity index (χ0) is 28.0. The van der Waals surface area contributed by atoms with Crippen molar-refractivity contribution in [3.05, 3.63) is 23.9 Å². The highest BCUT2D eigenvalue weighted by Gasteiger charge is 2.33. The quantitative estimate of drug-likeness (QED) is 0.238. The van der Waals surface area contributed by atoms with E-state index in [1.807, 2.05) is 27.7 Å². The Labute approximate surface area is 224 Å². The lowest BCUT2D eigenvalue weighted by atomic mass is 10.0. The Bertz CT molecular complexity index is 1010. The van der Waals surface area contributed by atoms with Gasteiger partial charge in [-0.1, -0.05) is 85.6 Å². The number of amides is 1. The Balaban J connectivity index is 0.000000440. The maximum Gasteiger partial charge on any atom is 0.446 e. The lowest BCUT2D eigenvalue weighted by Gasteiger charge is -2.05. The van der Waals surface area contributed by atoms with E-state index in [0.717, 1.165) is 24.7 Å². The van der Waals surface area contributed by atoms with Gasteiger partial charge in [-0.05, 0) is 54.5 Å². The lowest BCUT2D eigenvalue weighted by Crippen LogP contribution is -2.24. The zero-order valence-corrected chi connectivity index (χ0v) is 23.9. The molecule has 37 heavy (non-hydrogen) atoms. The van der Waals surface area contributed by atoms with Crippen molar-refractivity contribution in [3.63, 3.8) is 0 Å². The fourth-order valence-corrected chi connectivity index (χ4v) is 4.47. The smallest absolute Gasteiger partial charge is 0.384 e. The van der Waals surface area contributed by atoms with E-state index in [1.54, 1.807) is 6.07 Å². The van der Waals surface area contributed by atoms with Gasteiger partial charge in [0.2, 0.25) is 5.91 Å². The Morgan fingerprint density at radius 2 is 1.68 bits per heavy atom. The molecule has 1 unspecified atom stereocenters. The van der Waals surface area contributed by atoms with Gasteiger partial charge in [0, 0.05) is 5.92 Å². The SMILES string of the molecule is CC.CC.CC1CCC[C@H](C)CC1.Nc1cccc2c(SC(F)(F)F)c(C#CCNC(=O)C3CC3)nn12. The number of aromatic nitrogens is 2. The van der Waals surface area contributed by atoms with E-state index in [4.69, 9.17) is 5.73 Å². The average Bonchev–Trinajstić information content (AvgIpc) is 3.69. The molecular formula is C28H43F3N4OS. The number of rotatable bonds is 3. The molecule has 5 nitrogen and oxygen atoms in total. The van der Waals surface area contributed by atoms with Gasteiger partial charge in [-0.25, -0.2) is 4.52 Å². The van der Waals surface area contributed by atoms with Crippen LogP contribution in [-0.2, 0) is 4.79 Å². The van der Waals surface area contributed by atoms with Crippen LogP contribution in [0.1, 0.15) is 92.2 Å². The van der Waals surface area contributed by atoms with E-state index in [0.29, 0.717) is 0 Å².